The monoisotopic (exact) mass is 427 g/mol. The van der Waals surface area contributed by atoms with Crippen LogP contribution in [0.15, 0.2) is 30.3 Å². The zero-order chi connectivity index (χ0) is 22.7. The first-order valence-corrected chi connectivity index (χ1v) is 9.43. The molecule has 31 heavy (non-hydrogen) atoms. The highest BCUT2D eigenvalue weighted by Gasteiger charge is 2.58. The summed E-state index contributed by atoms with van der Waals surface area (Å²) in [6, 6.07) is 6.19. The van der Waals surface area contributed by atoms with Gasteiger partial charge in [0.05, 0.1) is 35.0 Å². The van der Waals surface area contributed by atoms with Gasteiger partial charge in [-0.2, -0.15) is 0 Å². The largest absolute Gasteiger partial charge is 0.490 e. The van der Waals surface area contributed by atoms with Gasteiger partial charge in [0.2, 0.25) is 17.2 Å². The summed E-state index contributed by atoms with van der Waals surface area (Å²) in [5.41, 5.74) is -0.0275. The summed E-state index contributed by atoms with van der Waals surface area (Å²) in [5.74, 6) is 0.402. The molecule has 2 aromatic rings. The summed E-state index contributed by atoms with van der Waals surface area (Å²) in [6.45, 7) is 3.88. The molecule has 162 valence electrons. The molecule has 0 aliphatic carbocycles. The van der Waals surface area contributed by atoms with Crippen LogP contribution in [0.25, 0.3) is 6.08 Å². The minimum atomic E-state index is -1.02. The van der Waals surface area contributed by atoms with Gasteiger partial charge in [-0.15, -0.1) is 0 Å². The lowest BCUT2D eigenvalue weighted by atomic mass is 9.76. The van der Waals surface area contributed by atoms with E-state index in [2.05, 4.69) is 0 Å². The first-order chi connectivity index (χ1) is 14.6. The van der Waals surface area contributed by atoms with Crippen molar-refractivity contribution >= 4 is 23.1 Å². The number of fused-ring (bicyclic) bond motifs is 2. The number of methoxy groups -OCH3 is 2. The van der Waals surface area contributed by atoms with E-state index >= 15 is 0 Å². The molecule has 2 heterocycles. The summed E-state index contributed by atoms with van der Waals surface area (Å²) in [5, 5.41) is 22.9. The minimum Gasteiger partial charge on any atom is -0.490 e. The van der Waals surface area contributed by atoms with Gasteiger partial charge in [0.15, 0.2) is 0 Å². The van der Waals surface area contributed by atoms with Crippen molar-refractivity contribution in [3.63, 3.8) is 0 Å². The van der Waals surface area contributed by atoms with E-state index in [1.54, 1.807) is 24.3 Å². The van der Waals surface area contributed by atoms with Gasteiger partial charge in [0.25, 0.3) is 5.69 Å². The Labute approximate surface area is 177 Å². The van der Waals surface area contributed by atoms with Gasteiger partial charge < -0.3 is 19.1 Å². The number of benzene rings is 2. The number of nitrogens with zero attached hydrogens (tertiary/aromatic N) is 3. The number of hydrogen-bond acceptors (Lipinski definition) is 8. The topological polar surface area (TPSA) is 117 Å². The lowest BCUT2D eigenvalue weighted by molar-refractivity contribution is -0.386. The Hall–Kier alpha value is -3.82. The third kappa shape index (κ3) is 2.57. The molecule has 2 aliphatic heterocycles. The van der Waals surface area contributed by atoms with Gasteiger partial charge in [0, 0.05) is 30.9 Å². The first kappa shape index (κ1) is 20.5. The summed E-state index contributed by atoms with van der Waals surface area (Å²) in [4.78, 5) is 23.8. The summed E-state index contributed by atoms with van der Waals surface area (Å²) in [7, 11) is 4.53. The van der Waals surface area contributed by atoms with E-state index < -0.39 is 21.0 Å². The van der Waals surface area contributed by atoms with Crippen LogP contribution in [0.2, 0.25) is 0 Å². The molecular formula is C21H21N3O7. The van der Waals surface area contributed by atoms with Crippen LogP contribution in [-0.2, 0) is 5.41 Å². The maximum atomic E-state index is 11.6. The van der Waals surface area contributed by atoms with Crippen molar-refractivity contribution in [1.29, 1.82) is 0 Å². The third-order valence-electron chi connectivity index (χ3n) is 6.19. The van der Waals surface area contributed by atoms with Gasteiger partial charge in [-0.05, 0) is 37.6 Å². The molecule has 0 N–H and O–H groups in total. The standard InChI is InChI=1S/C21H21N3O7/c1-20(2)14-10-12(23(25)26)6-7-15(14)22(3)21(20)9-8-13-16(31-21)11-17(29-4)18(24(27)28)19(13)30-5/h6-11H,1-5H3/t21-/m0/s1. The average Bonchev–Trinajstić information content (AvgIpc) is 2.89. The Bertz CT molecular complexity index is 1160. The fourth-order valence-electron chi connectivity index (χ4n) is 4.53. The number of anilines is 1. The smallest absolute Gasteiger partial charge is 0.353 e. The maximum absolute atomic E-state index is 11.6. The van der Waals surface area contributed by atoms with Crippen molar-refractivity contribution in [1.82, 2.24) is 0 Å². The molecule has 0 fully saturated rings. The Morgan fingerprint density at radius 3 is 2.35 bits per heavy atom. The molecule has 2 aromatic carbocycles. The molecule has 1 atom stereocenters. The minimum absolute atomic E-state index is 0.00331. The Morgan fingerprint density at radius 1 is 1.06 bits per heavy atom. The number of rotatable bonds is 4. The molecule has 0 saturated heterocycles. The van der Waals surface area contributed by atoms with Crippen LogP contribution in [0, 0.1) is 20.2 Å². The van der Waals surface area contributed by atoms with Crippen LogP contribution in [0.5, 0.6) is 17.2 Å². The van der Waals surface area contributed by atoms with Crippen LogP contribution < -0.4 is 19.1 Å². The number of hydrogen-bond donors (Lipinski definition) is 0. The number of ether oxygens (including phenoxy) is 3. The molecule has 0 aromatic heterocycles. The molecule has 10 heteroatoms. The van der Waals surface area contributed by atoms with Crippen LogP contribution in [0.3, 0.4) is 0 Å². The van der Waals surface area contributed by atoms with Crippen LogP contribution in [-0.4, -0.2) is 36.8 Å². The van der Waals surface area contributed by atoms with Crippen LogP contribution >= 0.6 is 0 Å². The molecule has 1 spiro atoms. The van der Waals surface area contributed by atoms with Gasteiger partial charge in [0.1, 0.15) is 5.75 Å². The molecule has 0 bridgehead atoms. The van der Waals surface area contributed by atoms with E-state index in [1.165, 1.54) is 26.4 Å². The fourth-order valence-corrected chi connectivity index (χ4v) is 4.53. The Morgan fingerprint density at radius 2 is 1.77 bits per heavy atom. The highest BCUT2D eigenvalue weighted by atomic mass is 16.6. The van der Waals surface area contributed by atoms with Crippen molar-refractivity contribution in [3.05, 3.63) is 61.7 Å². The summed E-state index contributed by atoms with van der Waals surface area (Å²) in [6.07, 6.45) is 3.53. The first-order valence-electron chi connectivity index (χ1n) is 9.43. The van der Waals surface area contributed by atoms with Gasteiger partial charge in [-0.1, -0.05) is 0 Å². The van der Waals surface area contributed by atoms with E-state index in [0.29, 0.717) is 11.3 Å². The van der Waals surface area contributed by atoms with Crippen molar-refractivity contribution in [2.75, 3.05) is 26.2 Å². The van der Waals surface area contributed by atoms with Crippen LogP contribution in [0.1, 0.15) is 25.0 Å². The molecule has 0 radical (unpaired) electrons. The van der Waals surface area contributed by atoms with E-state index in [-0.39, 0.29) is 22.9 Å². The van der Waals surface area contributed by atoms with E-state index in [1.807, 2.05) is 25.8 Å². The number of nitro groups is 2. The Kier molecular flexibility index (Phi) is 4.35. The van der Waals surface area contributed by atoms with Crippen molar-refractivity contribution < 1.29 is 24.1 Å². The summed E-state index contributed by atoms with van der Waals surface area (Å²) < 4.78 is 17.1. The summed E-state index contributed by atoms with van der Waals surface area (Å²) >= 11 is 0. The van der Waals surface area contributed by atoms with Crippen molar-refractivity contribution in [2.24, 2.45) is 0 Å². The number of likely N-dealkylation sites (N-methyl/N-ethyl adjacent to an activating group) is 1. The number of nitro benzene ring substituents is 2. The zero-order valence-electron chi connectivity index (χ0n) is 17.7. The molecule has 0 saturated carbocycles. The van der Waals surface area contributed by atoms with E-state index in [0.717, 1.165) is 11.3 Å². The lowest BCUT2D eigenvalue weighted by Gasteiger charge is -2.45. The van der Waals surface area contributed by atoms with Gasteiger partial charge in [-0.25, -0.2) is 0 Å². The Balaban J connectivity index is 1.91. The quantitative estimate of drug-likeness (QED) is 0.530. The molecule has 0 amide bonds. The highest BCUT2D eigenvalue weighted by molar-refractivity contribution is 5.79. The zero-order valence-corrected chi connectivity index (χ0v) is 17.7. The molecule has 4 rings (SSSR count). The molecular weight excluding hydrogens is 406 g/mol. The van der Waals surface area contributed by atoms with E-state index in [9.17, 15) is 20.2 Å². The molecule has 0 unspecified atom stereocenters. The molecule has 10 nitrogen and oxygen atoms in total. The average molecular weight is 427 g/mol. The SMILES string of the molecule is COc1cc2c(c(OC)c1[N+](=O)[O-])C=C[C@@]1(O2)N(C)c2ccc([N+](=O)[O-])cc2C1(C)C. The van der Waals surface area contributed by atoms with Crippen molar-refractivity contribution in [2.45, 2.75) is 25.0 Å². The van der Waals surface area contributed by atoms with Crippen molar-refractivity contribution in [3.8, 4) is 17.2 Å². The third-order valence-corrected chi connectivity index (χ3v) is 6.19. The predicted octanol–water partition coefficient (Wildman–Crippen LogP) is 4.05. The normalized spacial score (nSPS) is 20.1. The second kappa shape index (κ2) is 6.59. The van der Waals surface area contributed by atoms with E-state index in [4.69, 9.17) is 14.2 Å². The predicted molar refractivity (Wildman–Crippen MR) is 113 cm³/mol. The fraction of sp³-hybridized carbons (Fsp3) is 0.333. The van der Waals surface area contributed by atoms with Crippen LogP contribution in [0.4, 0.5) is 17.1 Å². The maximum Gasteiger partial charge on any atom is 0.353 e. The van der Waals surface area contributed by atoms with Gasteiger partial charge >= 0.3 is 5.69 Å². The number of non-ortho nitro benzene ring substituents is 1. The lowest BCUT2D eigenvalue weighted by Crippen LogP contribution is -2.58. The van der Waals surface area contributed by atoms with Gasteiger partial charge in [-0.3, -0.25) is 20.2 Å². The second-order valence-corrected chi connectivity index (χ2v) is 7.90. The second-order valence-electron chi connectivity index (χ2n) is 7.90. The highest BCUT2D eigenvalue weighted by Crippen LogP contribution is 2.57. The molecule has 2 aliphatic rings.